The lowest BCUT2D eigenvalue weighted by Crippen LogP contribution is -2.45. The van der Waals surface area contributed by atoms with E-state index in [2.05, 4.69) is 59.6 Å². The van der Waals surface area contributed by atoms with Crippen LogP contribution in [0.2, 0.25) is 0 Å². The highest BCUT2D eigenvalue weighted by Gasteiger charge is 2.22. The topological polar surface area (TPSA) is 42.3 Å². The summed E-state index contributed by atoms with van der Waals surface area (Å²) in [5.74, 6) is 0. The van der Waals surface area contributed by atoms with Crippen LogP contribution in [0.15, 0.2) is 36.7 Å². The zero-order valence-electron chi connectivity index (χ0n) is 14.9. The molecule has 1 aliphatic heterocycles. The molecule has 0 amide bonds. The first-order chi connectivity index (χ1) is 11.6. The summed E-state index contributed by atoms with van der Waals surface area (Å²) >= 11 is 0. The maximum Gasteiger partial charge on any atom is 0.0678 e. The van der Waals surface area contributed by atoms with Crippen LogP contribution in [0.5, 0.6) is 0 Å². The highest BCUT2D eigenvalue weighted by atomic mass is 16.5. The Morgan fingerprint density at radius 2 is 1.83 bits per heavy atom. The van der Waals surface area contributed by atoms with E-state index in [-0.39, 0.29) is 0 Å². The Labute approximate surface area is 144 Å². The molecule has 24 heavy (non-hydrogen) atoms. The molecule has 5 heteroatoms. The largest absolute Gasteiger partial charge is 0.373 e. The fourth-order valence-corrected chi connectivity index (χ4v) is 3.44. The lowest BCUT2D eigenvalue weighted by atomic mass is 10.1. The molecule has 2 atom stereocenters. The quantitative estimate of drug-likeness (QED) is 0.884. The van der Waals surface area contributed by atoms with Gasteiger partial charge in [-0.15, -0.1) is 0 Å². The first-order valence-electron chi connectivity index (χ1n) is 8.73. The Balaban J connectivity index is 1.58. The summed E-state index contributed by atoms with van der Waals surface area (Å²) in [7, 11) is 1.95. The number of hydrogen-bond donors (Lipinski definition) is 1. The van der Waals surface area contributed by atoms with E-state index >= 15 is 0 Å². The summed E-state index contributed by atoms with van der Waals surface area (Å²) in [4.78, 5) is 2.50. The Bertz CT molecular complexity index is 644. The van der Waals surface area contributed by atoms with Gasteiger partial charge in [-0.2, -0.15) is 5.10 Å². The van der Waals surface area contributed by atoms with Crippen molar-refractivity contribution >= 4 is 0 Å². The number of rotatable bonds is 6. The van der Waals surface area contributed by atoms with E-state index in [4.69, 9.17) is 4.74 Å². The summed E-state index contributed by atoms with van der Waals surface area (Å²) in [5.41, 5.74) is 3.98. The molecule has 1 aromatic carbocycles. The van der Waals surface area contributed by atoms with E-state index in [1.54, 1.807) is 0 Å². The van der Waals surface area contributed by atoms with Gasteiger partial charge in [0.2, 0.25) is 0 Å². The third-order valence-electron chi connectivity index (χ3n) is 4.41. The molecule has 0 spiro atoms. The first-order valence-corrected chi connectivity index (χ1v) is 8.73. The lowest BCUT2D eigenvalue weighted by molar-refractivity contribution is -0.0705. The van der Waals surface area contributed by atoms with Crippen molar-refractivity contribution in [1.29, 1.82) is 0 Å². The van der Waals surface area contributed by atoms with Crippen LogP contribution < -0.4 is 5.32 Å². The van der Waals surface area contributed by atoms with Crippen molar-refractivity contribution in [3.8, 4) is 0 Å². The predicted octanol–water partition coefficient (Wildman–Crippen LogP) is 2.32. The molecular weight excluding hydrogens is 300 g/mol. The number of aromatic nitrogens is 2. The molecule has 0 saturated carbocycles. The van der Waals surface area contributed by atoms with Crippen molar-refractivity contribution < 1.29 is 4.74 Å². The summed E-state index contributed by atoms with van der Waals surface area (Å²) in [6, 6.07) is 8.72. The maximum absolute atomic E-state index is 5.84. The van der Waals surface area contributed by atoms with E-state index in [1.807, 2.05) is 17.9 Å². The monoisotopic (exact) mass is 328 g/mol. The van der Waals surface area contributed by atoms with Crippen molar-refractivity contribution in [2.24, 2.45) is 7.05 Å². The summed E-state index contributed by atoms with van der Waals surface area (Å²) in [6.07, 6.45) is 4.58. The van der Waals surface area contributed by atoms with Crippen LogP contribution in [0.3, 0.4) is 0 Å². The molecule has 1 aliphatic rings. The standard InChI is InChI=1S/C19H28N4O/c1-15-11-23(12-16(2)24-15)14-19-7-5-4-6-18(19)10-20-8-17-9-21-22(3)13-17/h4-7,9,13,15-16,20H,8,10-12,14H2,1-3H3/t15-,16+. The summed E-state index contributed by atoms with van der Waals surface area (Å²) < 4.78 is 7.68. The van der Waals surface area contributed by atoms with Gasteiger partial charge >= 0.3 is 0 Å². The minimum Gasteiger partial charge on any atom is -0.373 e. The molecule has 3 rings (SSSR count). The zero-order chi connectivity index (χ0) is 16.9. The fourth-order valence-electron chi connectivity index (χ4n) is 3.44. The van der Waals surface area contributed by atoms with Crippen molar-refractivity contribution in [3.05, 3.63) is 53.3 Å². The van der Waals surface area contributed by atoms with Gasteiger partial charge in [-0.1, -0.05) is 24.3 Å². The normalized spacial score (nSPS) is 22.0. The lowest BCUT2D eigenvalue weighted by Gasteiger charge is -2.35. The Morgan fingerprint density at radius 1 is 1.12 bits per heavy atom. The van der Waals surface area contributed by atoms with Crippen LogP contribution >= 0.6 is 0 Å². The van der Waals surface area contributed by atoms with Crippen molar-refractivity contribution in [2.75, 3.05) is 13.1 Å². The van der Waals surface area contributed by atoms with Gasteiger partial charge in [0, 0.05) is 51.5 Å². The van der Waals surface area contributed by atoms with Gasteiger partial charge in [0.25, 0.3) is 0 Å². The van der Waals surface area contributed by atoms with Crippen LogP contribution in [-0.2, 0) is 31.4 Å². The van der Waals surface area contributed by atoms with Gasteiger partial charge in [0.15, 0.2) is 0 Å². The number of morpholine rings is 1. The Morgan fingerprint density at radius 3 is 2.50 bits per heavy atom. The molecule has 1 fully saturated rings. The maximum atomic E-state index is 5.84. The molecule has 1 saturated heterocycles. The number of benzene rings is 1. The van der Waals surface area contributed by atoms with Crippen LogP contribution in [0.25, 0.3) is 0 Å². The van der Waals surface area contributed by atoms with Crippen molar-refractivity contribution in [3.63, 3.8) is 0 Å². The van der Waals surface area contributed by atoms with Gasteiger partial charge in [-0.3, -0.25) is 9.58 Å². The zero-order valence-corrected chi connectivity index (χ0v) is 14.9. The van der Waals surface area contributed by atoms with Gasteiger partial charge in [0.1, 0.15) is 0 Å². The first kappa shape index (κ1) is 17.1. The molecular formula is C19H28N4O. The van der Waals surface area contributed by atoms with E-state index in [0.29, 0.717) is 12.2 Å². The minimum absolute atomic E-state index is 0.310. The Kier molecular flexibility index (Phi) is 5.66. The van der Waals surface area contributed by atoms with Crippen LogP contribution in [-0.4, -0.2) is 40.0 Å². The molecule has 2 aromatic rings. The molecule has 5 nitrogen and oxygen atoms in total. The summed E-state index contributed by atoms with van der Waals surface area (Å²) in [5, 5.41) is 7.74. The minimum atomic E-state index is 0.310. The van der Waals surface area contributed by atoms with Crippen LogP contribution in [0, 0.1) is 0 Å². The molecule has 0 radical (unpaired) electrons. The summed E-state index contributed by atoms with van der Waals surface area (Å²) in [6.45, 7) is 9.02. The fraction of sp³-hybridized carbons (Fsp3) is 0.526. The predicted molar refractivity (Wildman–Crippen MR) is 95.5 cm³/mol. The average Bonchev–Trinajstić information content (AvgIpc) is 2.93. The van der Waals surface area contributed by atoms with Gasteiger partial charge in [-0.05, 0) is 25.0 Å². The number of aryl methyl sites for hydroxylation is 1. The van der Waals surface area contributed by atoms with E-state index < -0.39 is 0 Å². The van der Waals surface area contributed by atoms with E-state index in [0.717, 1.165) is 32.7 Å². The smallest absolute Gasteiger partial charge is 0.0678 e. The second-order valence-electron chi connectivity index (χ2n) is 6.85. The number of nitrogens with one attached hydrogen (secondary N) is 1. The second-order valence-corrected chi connectivity index (χ2v) is 6.85. The third kappa shape index (κ3) is 4.66. The average molecular weight is 328 g/mol. The van der Waals surface area contributed by atoms with E-state index in [9.17, 15) is 0 Å². The van der Waals surface area contributed by atoms with Crippen LogP contribution in [0.1, 0.15) is 30.5 Å². The van der Waals surface area contributed by atoms with Gasteiger partial charge in [-0.25, -0.2) is 0 Å². The SMILES string of the molecule is C[C@@H]1CN(Cc2ccccc2CNCc2cnn(C)c2)C[C@H](C)O1. The molecule has 1 N–H and O–H groups in total. The number of hydrogen-bond acceptors (Lipinski definition) is 4. The van der Waals surface area contributed by atoms with Crippen LogP contribution in [0.4, 0.5) is 0 Å². The van der Waals surface area contributed by atoms with Gasteiger partial charge < -0.3 is 10.1 Å². The molecule has 2 heterocycles. The number of nitrogens with zero attached hydrogens (tertiary/aromatic N) is 3. The molecule has 0 aliphatic carbocycles. The molecule has 0 bridgehead atoms. The molecule has 130 valence electrons. The highest BCUT2D eigenvalue weighted by molar-refractivity contribution is 5.27. The molecule has 1 aromatic heterocycles. The van der Waals surface area contributed by atoms with Gasteiger partial charge in [0.05, 0.1) is 18.4 Å². The second kappa shape index (κ2) is 7.92. The molecule has 0 unspecified atom stereocenters. The third-order valence-corrected chi connectivity index (χ3v) is 4.41. The van der Waals surface area contributed by atoms with Crippen molar-refractivity contribution in [1.82, 2.24) is 20.0 Å². The van der Waals surface area contributed by atoms with Crippen molar-refractivity contribution in [2.45, 2.75) is 45.7 Å². The Hall–Kier alpha value is -1.69. The highest BCUT2D eigenvalue weighted by Crippen LogP contribution is 2.17. The number of ether oxygens (including phenoxy) is 1. The van der Waals surface area contributed by atoms with E-state index in [1.165, 1.54) is 16.7 Å².